The quantitative estimate of drug-likeness (QED) is 0.374. The van der Waals surface area contributed by atoms with Gasteiger partial charge in [0.25, 0.3) is 5.91 Å². The normalized spacial score (nSPS) is 20.3. The van der Waals surface area contributed by atoms with Crippen molar-refractivity contribution in [2.75, 3.05) is 11.4 Å². The van der Waals surface area contributed by atoms with Crippen LogP contribution in [0.15, 0.2) is 36.4 Å². The molecular weight excluding hydrogens is 479 g/mol. The molecule has 3 aromatic rings. The molecule has 1 unspecified atom stereocenters. The third-order valence-corrected chi connectivity index (χ3v) is 7.84. The van der Waals surface area contributed by atoms with Crippen molar-refractivity contribution >= 4 is 34.8 Å². The molecule has 5 nitrogen and oxygen atoms in total. The van der Waals surface area contributed by atoms with Gasteiger partial charge in [0, 0.05) is 40.1 Å². The summed E-state index contributed by atoms with van der Waals surface area (Å²) in [5.41, 5.74) is 6.50. The number of fused-ring (bicyclic) bond motifs is 1. The zero-order valence-corrected chi connectivity index (χ0v) is 22.2. The lowest BCUT2D eigenvalue weighted by Gasteiger charge is -2.30. The van der Waals surface area contributed by atoms with Crippen LogP contribution in [0.3, 0.4) is 0 Å². The number of amides is 1. The average molecular weight is 510 g/mol. The van der Waals surface area contributed by atoms with Crippen LogP contribution in [-0.4, -0.2) is 33.2 Å². The molecule has 3 heterocycles. The molecule has 0 aliphatic carbocycles. The highest BCUT2D eigenvalue weighted by atomic mass is 35.5. The van der Waals surface area contributed by atoms with Gasteiger partial charge in [-0.05, 0) is 80.1 Å². The Morgan fingerprint density at radius 2 is 1.80 bits per heavy atom. The predicted molar refractivity (Wildman–Crippen MR) is 142 cm³/mol. The van der Waals surface area contributed by atoms with Crippen molar-refractivity contribution < 1.29 is 4.79 Å². The third-order valence-electron chi connectivity index (χ3n) is 7.37. The van der Waals surface area contributed by atoms with Crippen LogP contribution in [-0.2, 0) is 6.54 Å². The minimum absolute atomic E-state index is 0.0942. The highest BCUT2D eigenvalue weighted by Gasteiger charge is 2.45. The number of hydrogen-bond acceptors (Lipinski definition) is 3. The number of carbonyl (C=O) groups excluding carboxylic acids is 1. The summed E-state index contributed by atoms with van der Waals surface area (Å²) in [5.74, 6) is 0.0949. The molecular formula is C28H31Cl2N4O. The molecule has 5 rings (SSSR count). The van der Waals surface area contributed by atoms with E-state index in [4.69, 9.17) is 28.3 Å². The van der Waals surface area contributed by atoms with Gasteiger partial charge in [-0.1, -0.05) is 49.2 Å². The van der Waals surface area contributed by atoms with Crippen molar-refractivity contribution in [3.63, 3.8) is 0 Å². The van der Waals surface area contributed by atoms with Gasteiger partial charge in [0.2, 0.25) is 0 Å². The Balaban J connectivity index is 1.72. The lowest BCUT2D eigenvalue weighted by atomic mass is 9.91. The smallest absolute Gasteiger partial charge is 0.280 e. The lowest BCUT2D eigenvalue weighted by Crippen LogP contribution is -2.33. The van der Waals surface area contributed by atoms with E-state index in [1.165, 1.54) is 0 Å². The van der Waals surface area contributed by atoms with E-state index in [1.807, 2.05) is 55.1 Å². The van der Waals surface area contributed by atoms with E-state index in [0.717, 1.165) is 59.6 Å². The number of aromatic nitrogens is 2. The van der Waals surface area contributed by atoms with Crippen LogP contribution in [0.2, 0.25) is 10.0 Å². The second kappa shape index (κ2) is 9.27. The Kier molecular flexibility index (Phi) is 6.45. The maximum atomic E-state index is 14.1. The first-order chi connectivity index (χ1) is 16.7. The molecule has 0 spiro atoms. The van der Waals surface area contributed by atoms with Gasteiger partial charge in [-0.3, -0.25) is 19.3 Å². The van der Waals surface area contributed by atoms with Crippen molar-refractivity contribution in [2.24, 2.45) is 0 Å². The van der Waals surface area contributed by atoms with Gasteiger partial charge in [-0.2, -0.15) is 5.10 Å². The second-order valence-electron chi connectivity index (χ2n) is 10.1. The second-order valence-corrected chi connectivity index (χ2v) is 11.0. The van der Waals surface area contributed by atoms with E-state index in [-0.39, 0.29) is 17.9 Å². The number of carbonyl (C=O) groups is 1. The number of rotatable bonds is 5. The molecule has 1 saturated heterocycles. The predicted octanol–water partition coefficient (Wildman–Crippen LogP) is 6.94. The Morgan fingerprint density at radius 1 is 1.09 bits per heavy atom. The summed E-state index contributed by atoms with van der Waals surface area (Å²) in [6.07, 6.45) is 2.23. The van der Waals surface area contributed by atoms with Crippen molar-refractivity contribution in [1.29, 1.82) is 0 Å². The molecule has 0 bridgehead atoms. The Bertz CT molecular complexity index is 1300. The standard InChI is InChI=1S/C28H31Cl2N4O/c1-16(2)26-24-25(31-33(26)15-21-7-6-12-32(21)5)28(35)34(23-14-20(30)9-8-17(23)3)27(24)22-11-10-19(29)13-18(22)4/h8-11,13-14,16,21,27H,5-7,12,15H2,1-4H3/t21-,27?/m0/s1. The molecule has 35 heavy (non-hydrogen) atoms. The molecule has 7 heteroatoms. The maximum Gasteiger partial charge on any atom is 0.280 e. The summed E-state index contributed by atoms with van der Waals surface area (Å²) in [5, 5.41) is 6.23. The first-order valence-electron chi connectivity index (χ1n) is 12.2. The van der Waals surface area contributed by atoms with Crippen LogP contribution in [0.4, 0.5) is 5.69 Å². The highest BCUT2D eigenvalue weighted by molar-refractivity contribution is 6.31. The summed E-state index contributed by atoms with van der Waals surface area (Å²) < 4.78 is 2.07. The highest BCUT2D eigenvalue weighted by Crippen LogP contribution is 2.47. The van der Waals surface area contributed by atoms with Crippen LogP contribution >= 0.6 is 23.2 Å². The largest absolute Gasteiger partial charge is 0.297 e. The minimum atomic E-state index is -0.308. The van der Waals surface area contributed by atoms with Crippen molar-refractivity contribution in [1.82, 2.24) is 14.7 Å². The topological polar surface area (TPSA) is 41.4 Å². The van der Waals surface area contributed by atoms with E-state index < -0.39 is 0 Å². The summed E-state index contributed by atoms with van der Waals surface area (Å²) in [6.45, 7) is 10.1. The maximum absolute atomic E-state index is 14.1. The molecule has 2 aromatic carbocycles. The number of hydrogen-bond donors (Lipinski definition) is 0. The van der Waals surface area contributed by atoms with Crippen molar-refractivity contribution in [2.45, 2.75) is 65.1 Å². The lowest BCUT2D eigenvalue weighted by molar-refractivity contribution is 0.0987. The minimum Gasteiger partial charge on any atom is -0.297 e. The average Bonchev–Trinajstić information content (AvgIpc) is 3.44. The molecule has 2 atom stereocenters. The molecule has 1 amide bonds. The molecule has 0 saturated carbocycles. The van der Waals surface area contributed by atoms with Crippen molar-refractivity contribution in [3.8, 4) is 0 Å². The van der Waals surface area contributed by atoms with Crippen LogP contribution in [0.5, 0.6) is 0 Å². The Morgan fingerprint density at radius 3 is 2.46 bits per heavy atom. The summed E-state index contributed by atoms with van der Waals surface area (Å²) >= 11 is 12.7. The number of aryl methyl sites for hydroxylation is 2. The SMILES string of the molecule is [CH2]N1CCC[C@H]1Cn1nc2c(c1C(C)C)C(c1ccc(Cl)cc1C)N(c1cc(Cl)ccc1C)C2=O. The molecule has 2 aliphatic heterocycles. The molecule has 1 radical (unpaired) electrons. The summed E-state index contributed by atoms with van der Waals surface area (Å²) in [4.78, 5) is 18.1. The van der Waals surface area contributed by atoms with Gasteiger partial charge < -0.3 is 0 Å². The number of likely N-dealkylation sites (tertiary alicyclic amines) is 1. The monoisotopic (exact) mass is 509 g/mol. The summed E-state index contributed by atoms with van der Waals surface area (Å²) in [6, 6.07) is 11.6. The number of benzene rings is 2. The fourth-order valence-corrected chi connectivity index (χ4v) is 6.05. The number of anilines is 1. The van der Waals surface area contributed by atoms with E-state index in [2.05, 4.69) is 30.5 Å². The third kappa shape index (κ3) is 4.18. The van der Waals surface area contributed by atoms with Crippen LogP contribution in [0.25, 0.3) is 0 Å². The number of halogens is 2. The van der Waals surface area contributed by atoms with E-state index in [1.54, 1.807) is 0 Å². The van der Waals surface area contributed by atoms with E-state index in [0.29, 0.717) is 21.8 Å². The summed E-state index contributed by atoms with van der Waals surface area (Å²) in [7, 11) is 4.21. The van der Waals surface area contributed by atoms with Crippen LogP contribution in [0, 0.1) is 20.9 Å². The van der Waals surface area contributed by atoms with Crippen molar-refractivity contribution in [3.05, 3.63) is 87.1 Å². The van der Waals surface area contributed by atoms with Gasteiger partial charge in [0.15, 0.2) is 5.69 Å². The van der Waals surface area contributed by atoms with Gasteiger partial charge in [-0.25, -0.2) is 0 Å². The van der Waals surface area contributed by atoms with Crippen LogP contribution in [0.1, 0.15) is 77.1 Å². The number of nitrogens with zero attached hydrogens (tertiary/aromatic N) is 4. The van der Waals surface area contributed by atoms with E-state index >= 15 is 0 Å². The molecule has 1 fully saturated rings. The van der Waals surface area contributed by atoms with Gasteiger partial charge in [0.05, 0.1) is 12.6 Å². The first kappa shape index (κ1) is 24.4. The van der Waals surface area contributed by atoms with Gasteiger partial charge in [-0.15, -0.1) is 0 Å². The van der Waals surface area contributed by atoms with Crippen LogP contribution < -0.4 is 4.90 Å². The van der Waals surface area contributed by atoms with Gasteiger partial charge >= 0.3 is 0 Å². The Hall–Kier alpha value is -2.34. The van der Waals surface area contributed by atoms with Gasteiger partial charge in [0.1, 0.15) is 0 Å². The Labute approximate surface area is 217 Å². The zero-order valence-electron chi connectivity index (χ0n) is 20.7. The molecule has 2 aliphatic rings. The first-order valence-corrected chi connectivity index (χ1v) is 13.0. The molecule has 183 valence electrons. The molecule has 0 N–H and O–H groups in total. The zero-order chi connectivity index (χ0) is 25.0. The van der Waals surface area contributed by atoms with E-state index in [9.17, 15) is 4.79 Å². The molecule has 1 aromatic heterocycles. The fourth-order valence-electron chi connectivity index (χ4n) is 5.66. The fraction of sp³-hybridized carbons (Fsp3) is 0.393.